The minimum Gasteiger partial charge on any atom is -0.290 e. The quantitative estimate of drug-likeness (QED) is 0.671. The summed E-state index contributed by atoms with van der Waals surface area (Å²) in [5.74, 6) is -0.0915. The summed E-state index contributed by atoms with van der Waals surface area (Å²) < 4.78 is 3.09. The Kier molecular flexibility index (Phi) is 2.32. The first kappa shape index (κ1) is 9.57. The second kappa shape index (κ2) is 3.64. The smallest absolute Gasteiger partial charge is 0.206 e. The fourth-order valence-electron chi connectivity index (χ4n) is 1.26. The van der Waals surface area contributed by atoms with Gasteiger partial charge in [-0.3, -0.25) is 14.2 Å². The third-order valence-electron chi connectivity index (χ3n) is 1.96. The van der Waals surface area contributed by atoms with Crippen molar-refractivity contribution in [3.63, 3.8) is 0 Å². The summed E-state index contributed by atoms with van der Waals surface area (Å²) in [4.78, 5) is 11.7. The highest BCUT2D eigenvalue weighted by atomic mass is 16.1. The second-order valence-electron chi connectivity index (χ2n) is 3.42. The summed E-state index contributed by atoms with van der Waals surface area (Å²) >= 11 is 0. The Labute approximate surface area is 86.5 Å². The molecule has 0 atom stereocenters. The highest BCUT2D eigenvalue weighted by molar-refractivity contribution is 5.93. The molecule has 6 heteroatoms. The molecule has 2 heterocycles. The number of carbonyl (C=O) groups excluding carboxylic acids is 1. The molecule has 0 aliphatic heterocycles. The molecule has 0 radical (unpaired) electrons. The van der Waals surface area contributed by atoms with Gasteiger partial charge in [-0.2, -0.15) is 5.10 Å². The van der Waals surface area contributed by atoms with E-state index >= 15 is 0 Å². The molecule has 0 aliphatic rings. The van der Waals surface area contributed by atoms with Gasteiger partial charge >= 0.3 is 0 Å². The zero-order valence-electron chi connectivity index (χ0n) is 8.58. The van der Waals surface area contributed by atoms with Crippen molar-refractivity contribution in [2.45, 2.75) is 13.5 Å². The molecule has 78 valence electrons. The van der Waals surface area contributed by atoms with Crippen LogP contribution in [0, 0.1) is 6.92 Å². The molecule has 0 spiro atoms. The number of ketones is 1. The van der Waals surface area contributed by atoms with Gasteiger partial charge in [-0.15, -0.1) is 5.10 Å². The summed E-state index contributed by atoms with van der Waals surface area (Å²) in [5, 5.41) is 11.5. The summed E-state index contributed by atoms with van der Waals surface area (Å²) in [6, 6.07) is 0. The van der Waals surface area contributed by atoms with Crippen LogP contribution >= 0.6 is 0 Å². The van der Waals surface area contributed by atoms with E-state index in [9.17, 15) is 4.79 Å². The first-order chi connectivity index (χ1) is 7.15. The molecule has 0 fully saturated rings. The Morgan fingerprint density at radius 2 is 2.27 bits per heavy atom. The molecule has 2 aromatic rings. The van der Waals surface area contributed by atoms with Crippen LogP contribution in [0.1, 0.15) is 16.1 Å². The van der Waals surface area contributed by atoms with E-state index in [1.54, 1.807) is 24.1 Å². The van der Waals surface area contributed by atoms with Crippen LogP contribution in [0.4, 0.5) is 0 Å². The fourth-order valence-corrected chi connectivity index (χ4v) is 1.26. The Bertz CT molecular complexity index is 484. The van der Waals surface area contributed by atoms with E-state index in [0.717, 1.165) is 5.56 Å². The van der Waals surface area contributed by atoms with Crippen LogP contribution in [0.15, 0.2) is 18.6 Å². The number of nitrogens with zero attached hydrogens (tertiary/aromatic N) is 5. The van der Waals surface area contributed by atoms with Gasteiger partial charge < -0.3 is 0 Å². The van der Waals surface area contributed by atoms with Crippen molar-refractivity contribution in [2.24, 2.45) is 7.05 Å². The van der Waals surface area contributed by atoms with Crippen LogP contribution < -0.4 is 0 Å². The molecule has 2 aromatic heterocycles. The van der Waals surface area contributed by atoms with E-state index in [-0.39, 0.29) is 12.3 Å². The maximum absolute atomic E-state index is 11.7. The minimum absolute atomic E-state index is 0.0915. The Morgan fingerprint density at radius 3 is 2.80 bits per heavy atom. The average Bonchev–Trinajstić information content (AvgIpc) is 2.75. The number of rotatable bonds is 3. The number of hydrogen-bond acceptors (Lipinski definition) is 4. The van der Waals surface area contributed by atoms with Gasteiger partial charge in [0.15, 0.2) is 5.69 Å². The summed E-state index contributed by atoms with van der Waals surface area (Å²) in [6.07, 6.45) is 5.12. The van der Waals surface area contributed by atoms with Crippen molar-refractivity contribution in [2.75, 3.05) is 0 Å². The van der Waals surface area contributed by atoms with Crippen LogP contribution in [-0.4, -0.2) is 30.6 Å². The SMILES string of the molecule is Cc1cnn(CC(=O)c2cn(C)nn2)c1. The molecule has 0 saturated carbocycles. The van der Waals surface area contributed by atoms with Gasteiger partial charge in [0.2, 0.25) is 5.78 Å². The van der Waals surface area contributed by atoms with Crippen LogP contribution in [0.25, 0.3) is 0 Å². The van der Waals surface area contributed by atoms with Crippen molar-refractivity contribution >= 4 is 5.78 Å². The zero-order chi connectivity index (χ0) is 10.8. The predicted molar refractivity (Wildman–Crippen MR) is 52.3 cm³/mol. The lowest BCUT2D eigenvalue weighted by Gasteiger charge is -1.96. The molecule has 0 saturated heterocycles. The normalized spacial score (nSPS) is 10.5. The average molecular weight is 205 g/mol. The topological polar surface area (TPSA) is 65.6 Å². The number of aromatic nitrogens is 5. The van der Waals surface area contributed by atoms with Crippen molar-refractivity contribution in [3.05, 3.63) is 29.8 Å². The van der Waals surface area contributed by atoms with E-state index in [2.05, 4.69) is 15.4 Å². The van der Waals surface area contributed by atoms with Gasteiger partial charge in [0.25, 0.3) is 0 Å². The number of aryl methyl sites for hydroxylation is 2. The maximum atomic E-state index is 11.7. The molecule has 0 bridgehead atoms. The van der Waals surface area contributed by atoms with E-state index in [0.29, 0.717) is 5.69 Å². The third-order valence-corrected chi connectivity index (χ3v) is 1.96. The van der Waals surface area contributed by atoms with E-state index < -0.39 is 0 Å². The first-order valence-electron chi connectivity index (χ1n) is 4.54. The molecule has 0 N–H and O–H groups in total. The minimum atomic E-state index is -0.0915. The number of Topliss-reactive ketones (excluding diaryl/α,β-unsaturated/α-hetero) is 1. The van der Waals surface area contributed by atoms with Crippen molar-refractivity contribution in [1.29, 1.82) is 0 Å². The zero-order valence-corrected chi connectivity index (χ0v) is 8.58. The summed E-state index contributed by atoms with van der Waals surface area (Å²) in [6.45, 7) is 2.13. The van der Waals surface area contributed by atoms with Crippen LogP contribution in [0.3, 0.4) is 0 Å². The second-order valence-corrected chi connectivity index (χ2v) is 3.42. The molecule has 2 rings (SSSR count). The molecular formula is C9H11N5O. The molecule has 6 nitrogen and oxygen atoms in total. The van der Waals surface area contributed by atoms with Gasteiger partial charge in [0.1, 0.15) is 6.54 Å². The van der Waals surface area contributed by atoms with Crippen molar-refractivity contribution in [1.82, 2.24) is 24.8 Å². The maximum Gasteiger partial charge on any atom is 0.206 e. The standard InChI is InChI=1S/C9H11N5O/c1-7-3-10-14(4-7)6-9(15)8-5-13(2)12-11-8/h3-5H,6H2,1-2H3. The highest BCUT2D eigenvalue weighted by Crippen LogP contribution is 1.99. The molecule has 0 unspecified atom stereocenters. The highest BCUT2D eigenvalue weighted by Gasteiger charge is 2.10. The number of carbonyl (C=O) groups is 1. The van der Waals surface area contributed by atoms with Crippen LogP contribution in [0.2, 0.25) is 0 Å². The summed E-state index contributed by atoms with van der Waals surface area (Å²) in [7, 11) is 1.72. The van der Waals surface area contributed by atoms with Gasteiger partial charge in [-0.1, -0.05) is 5.21 Å². The van der Waals surface area contributed by atoms with Gasteiger partial charge in [-0.25, -0.2) is 0 Å². The lowest BCUT2D eigenvalue weighted by atomic mass is 10.3. The molecule has 0 aliphatic carbocycles. The first-order valence-corrected chi connectivity index (χ1v) is 4.54. The van der Waals surface area contributed by atoms with Gasteiger partial charge in [0.05, 0.1) is 12.4 Å². The monoisotopic (exact) mass is 205 g/mol. The molecule has 0 aromatic carbocycles. The van der Waals surface area contributed by atoms with E-state index in [1.807, 2.05) is 13.1 Å². The third kappa shape index (κ3) is 2.09. The predicted octanol–water partition coefficient (Wildman–Crippen LogP) is 0.203. The lowest BCUT2D eigenvalue weighted by Crippen LogP contribution is -2.11. The molecule has 0 amide bonds. The van der Waals surface area contributed by atoms with Crippen LogP contribution in [-0.2, 0) is 13.6 Å². The fraction of sp³-hybridized carbons (Fsp3) is 0.333. The van der Waals surface area contributed by atoms with E-state index in [1.165, 1.54) is 4.68 Å². The number of hydrogen-bond donors (Lipinski definition) is 0. The van der Waals surface area contributed by atoms with Gasteiger partial charge in [-0.05, 0) is 12.5 Å². The van der Waals surface area contributed by atoms with Crippen molar-refractivity contribution < 1.29 is 4.79 Å². The summed E-state index contributed by atoms with van der Waals surface area (Å²) in [5.41, 5.74) is 1.40. The largest absolute Gasteiger partial charge is 0.290 e. The molecule has 15 heavy (non-hydrogen) atoms. The van der Waals surface area contributed by atoms with Crippen LogP contribution in [0.5, 0.6) is 0 Å². The Morgan fingerprint density at radius 1 is 1.47 bits per heavy atom. The van der Waals surface area contributed by atoms with E-state index in [4.69, 9.17) is 0 Å². The Balaban J connectivity index is 2.10. The van der Waals surface area contributed by atoms with Crippen molar-refractivity contribution in [3.8, 4) is 0 Å². The Hall–Kier alpha value is -1.98. The van der Waals surface area contributed by atoms with Gasteiger partial charge in [0, 0.05) is 13.2 Å². The lowest BCUT2D eigenvalue weighted by molar-refractivity contribution is 0.0962. The molecular weight excluding hydrogens is 194 g/mol.